The third-order valence-corrected chi connectivity index (χ3v) is 3.53. The molecule has 1 saturated heterocycles. The maximum absolute atomic E-state index is 11.4. The first-order chi connectivity index (χ1) is 8.41. The maximum Gasteiger partial charge on any atom is 0.300 e. The average Bonchev–Trinajstić information content (AvgIpc) is 2.82. The van der Waals surface area contributed by atoms with Gasteiger partial charge in [0.1, 0.15) is 5.76 Å². The Bertz CT molecular complexity index is 451. The topological polar surface area (TPSA) is 71.5 Å². The average molecular weight is 251 g/mol. The van der Waals surface area contributed by atoms with Crippen LogP contribution in [0.1, 0.15) is 42.1 Å². The molecule has 0 aromatic carbocycles. The zero-order valence-corrected chi connectivity index (χ0v) is 11.2. The second kappa shape index (κ2) is 4.74. The molecule has 18 heavy (non-hydrogen) atoms. The number of nitrogens with one attached hydrogen (secondary N) is 1. The third-order valence-electron chi connectivity index (χ3n) is 3.53. The summed E-state index contributed by atoms with van der Waals surface area (Å²) >= 11 is 0. The molecule has 2 heterocycles. The number of aryl methyl sites for hydroxylation is 1. The van der Waals surface area contributed by atoms with Crippen molar-refractivity contribution in [3.63, 3.8) is 0 Å². The van der Waals surface area contributed by atoms with Crippen LogP contribution in [0, 0.1) is 12.3 Å². The summed E-state index contributed by atoms with van der Waals surface area (Å²) in [5, 5.41) is 0. The minimum absolute atomic E-state index is 0.281. The highest BCUT2D eigenvalue weighted by molar-refractivity contribution is 5.91. The number of furan rings is 1. The fraction of sp³-hybridized carbons (Fsp3) is 0.615. The van der Waals surface area contributed by atoms with Crippen LogP contribution in [0.3, 0.4) is 0 Å². The number of carbonyl (C=O) groups is 1. The first kappa shape index (κ1) is 13.1. The number of nitrogens with zero attached hydrogens (tertiary/aromatic N) is 1. The number of nitrogen functional groups attached to an aromatic ring is 1. The van der Waals surface area contributed by atoms with Crippen molar-refractivity contribution in [1.82, 2.24) is 10.3 Å². The Balaban J connectivity index is 2.06. The van der Waals surface area contributed by atoms with Crippen molar-refractivity contribution in [3.05, 3.63) is 23.2 Å². The number of likely N-dealkylation sites (tertiary alicyclic amines) is 1. The predicted molar refractivity (Wildman–Crippen MR) is 68.8 cm³/mol. The van der Waals surface area contributed by atoms with E-state index >= 15 is 0 Å². The molecule has 1 amide bonds. The number of amides is 1. The summed E-state index contributed by atoms with van der Waals surface area (Å²) in [4.78, 5) is 13.8. The van der Waals surface area contributed by atoms with E-state index in [0.29, 0.717) is 5.41 Å². The van der Waals surface area contributed by atoms with E-state index in [1.807, 2.05) is 6.92 Å². The summed E-state index contributed by atoms with van der Waals surface area (Å²) in [5.41, 5.74) is 3.53. The molecule has 1 aromatic heterocycles. The fourth-order valence-corrected chi connectivity index (χ4v) is 2.46. The number of hydrogen-bond acceptors (Lipinski definition) is 4. The molecule has 0 bridgehead atoms. The lowest BCUT2D eigenvalue weighted by Gasteiger charge is -2.19. The summed E-state index contributed by atoms with van der Waals surface area (Å²) in [6, 6.07) is 1.78. The molecule has 1 fully saturated rings. The van der Waals surface area contributed by atoms with E-state index in [2.05, 4.69) is 24.2 Å². The quantitative estimate of drug-likeness (QED) is 0.484. The largest absolute Gasteiger partial charge is 0.456 e. The van der Waals surface area contributed by atoms with Crippen molar-refractivity contribution in [2.24, 2.45) is 11.3 Å². The van der Waals surface area contributed by atoms with Gasteiger partial charge < -0.3 is 4.42 Å². The molecule has 5 heteroatoms. The second-order valence-corrected chi connectivity index (χ2v) is 5.79. The molecular weight excluding hydrogens is 230 g/mol. The maximum atomic E-state index is 11.4. The lowest BCUT2D eigenvalue weighted by molar-refractivity contribution is 0.0924. The molecule has 2 rings (SSSR count). The van der Waals surface area contributed by atoms with Crippen molar-refractivity contribution in [2.75, 3.05) is 13.1 Å². The second-order valence-electron chi connectivity index (χ2n) is 5.79. The fourth-order valence-electron chi connectivity index (χ4n) is 2.46. The lowest BCUT2D eigenvalue weighted by Crippen LogP contribution is -2.29. The minimum atomic E-state index is -0.383. The molecule has 0 saturated carbocycles. The molecule has 0 unspecified atom stereocenters. The van der Waals surface area contributed by atoms with Gasteiger partial charge >= 0.3 is 5.91 Å². The number of hydrazine groups is 1. The Morgan fingerprint density at radius 2 is 2.33 bits per heavy atom. The van der Waals surface area contributed by atoms with Gasteiger partial charge in [-0.15, -0.1) is 0 Å². The first-order valence-electron chi connectivity index (χ1n) is 6.24. The molecule has 100 valence electrons. The molecule has 1 aliphatic rings. The number of nitrogens with two attached hydrogens (primary N) is 1. The van der Waals surface area contributed by atoms with Gasteiger partial charge in [0.2, 0.25) is 0 Å². The highest BCUT2D eigenvalue weighted by atomic mass is 16.4. The van der Waals surface area contributed by atoms with Gasteiger partial charge in [-0.1, -0.05) is 13.8 Å². The van der Waals surface area contributed by atoms with Gasteiger partial charge in [-0.05, 0) is 31.4 Å². The van der Waals surface area contributed by atoms with Crippen molar-refractivity contribution < 1.29 is 9.21 Å². The normalized spacial score (nSPS) is 19.1. The molecule has 0 spiro atoms. The smallest absolute Gasteiger partial charge is 0.300 e. The van der Waals surface area contributed by atoms with Crippen molar-refractivity contribution in [1.29, 1.82) is 0 Å². The van der Waals surface area contributed by atoms with Gasteiger partial charge in [0.05, 0.1) is 0 Å². The zero-order chi connectivity index (χ0) is 13.3. The van der Waals surface area contributed by atoms with E-state index < -0.39 is 0 Å². The van der Waals surface area contributed by atoms with Gasteiger partial charge in [0.15, 0.2) is 5.76 Å². The third kappa shape index (κ3) is 2.73. The van der Waals surface area contributed by atoms with Crippen LogP contribution >= 0.6 is 0 Å². The van der Waals surface area contributed by atoms with Crippen molar-refractivity contribution >= 4 is 5.91 Å². The summed E-state index contributed by atoms with van der Waals surface area (Å²) < 4.78 is 5.41. The van der Waals surface area contributed by atoms with Gasteiger partial charge in [0, 0.05) is 18.7 Å². The molecule has 3 N–H and O–H groups in total. The summed E-state index contributed by atoms with van der Waals surface area (Å²) in [5.74, 6) is 5.78. The number of hydrogen-bond donors (Lipinski definition) is 2. The van der Waals surface area contributed by atoms with E-state index in [1.165, 1.54) is 6.42 Å². The Hall–Kier alpha value is -1.33. The minimum Gasteiger partial charge on any atom is -0.456 e. The Morgan fingerprint density at radius 1 is 1.61 bits per heavy atom. The summed E-state index contributed by atoms with van der Waals surface area (Å²) in [7, 11) is 0. The first-order valence-corrected chi connectivity index (χ1v) is 6.24. The molecule has 0 aliphatic carbocycles. The van der Waals surface area contributed by atoms with Crippen LogP contribution < -0.4 is 11.3 Å². The van der Waals surface area contributed by atoms with Crippen molar-refractivity contribution in [2.45, 2.75) is 33.7 Å². The molecule has 1 aromatic rings. The Kier molecular flexibility index (Phi) is 3.45. The van der Waals surface area contributed by atoms with E-state index in [4.69, 9.17) is 10.3 Å². The lowest BCUT2D eigenvalue weighted by atomic mass is 9.93. The van der Waals surface area contributed by atoms with E-state index in [-0.39, 0.29) is 11.7 Å². The van der Waals surface area contributed by atoms with E-state index in [0.717, 1.165) is 31.0 Å². The molecular formula is C13H21N3O2. The zero-order valence-electron chi connectivity index (χ0n) is 11.2. The summed E-state index contributed by atoms with van der Waals surface area (Å²) in [6.07, 6.45) is 1.21. The SMILES string of the molecule is Cc1oc(C(=O)NN)cc1CN1CCC(C)(C)C1. The van der Waals surface area contributed by atoms with Crippen LogP contribution in [0.4, 0.5) is 0 Å². The van der Waals surface area contributed by atoms with Crippen LogP contribution in [-0.2, 0) is 6.54 Å². The molecule has 5 nitrogen and oxygen atoms in total. The highest BCUT2D eigenvalue weighted by Gasteiger charge is 2.29. The van der Waals surface area contributed by atoms with Crippen LogP contribution in [0.5, 0.6) is 0 Å². The van der Waals surface area contributed by atoms with Crippen LogP contribution in [0.25, 0.3) is 0 Å². The standard InChI is InChI=1S/C13H21N3O2/c1-9-10(6-11(18-9)12(17)15-14)7-16-5-4-13(2,3)8-16/h6H,4-5,7-8,14H2,1-3H3,(H,15,17). The summed E-state index contributed by atoms with van der Waals surface area (Å²) in [6.45, 7) is 9.44. The van der Waals surface area contributed by atoms with Crippen LogP contribution in [0.2, 0.25) is 0 Å². The van der Waals surface area contributed by atoms with Gasteiger partial charge in [-0.25, -0.2) is 5.84 Å². The Morgan fingerprint density at radius 3 is 2.89 bits per heavy atom. The molecule has 0 atom stereocenters. The monoisotopic (exact) mass is 251 g/mol. The highest BCUT2D eigenvalue weighted by Crippen LogP contribution is 2.30. The predicted octanol–water partition coefficient (Wildman–Crippen LogP) is 1.42. The van der Waals surface area contributed by atoms with Gasteiger partial charge in [0.25, 0.3) is 0 Å². The van der Waals surface area contributed by atoms with Crippen LogP contribution in [-0.4, -0.2) is 23.9 Å². The van der Waals surface area contributed by atoms with Gasteiger partial charge in [-0.2, -0.15) is 0 Å². The van der Waals surface area contributed by atoms with Gasteiger partial charge in [-0.3, -0.25) is 15.1 Å². The molecule has 1 aliphatic heterocycles. The Labute approximate surface area is 107 Å². The number of carbonyl (C=O) groups excluding carboxylic acids is 1. The van der Waals surface area contributed by atoms with Crippen LogP contribution in [0.15, 0.2) is 10.5 Å². The molecule has 0 radical (unpaired) electrons. The number of rotatable bonds is 3. The van der Waals surface area contributed by atoms with E-state index in [1.54, 1.807) is 6.07 Å². The van der Waals surface area contributed by atoms with Crippen molar-refractivity contribution in [3.8, 4) is 0 Å². The van der Waals surface area contributed by atoms with E-state index in [9.17, 15) is 4.79 Å².